The fraction of sp³-hybridized carbons (Fsp3) is 0.238. The summed E-state index contributed by atoms with van der Waals surface area (Å²) in [5, 5.41) is 6.05. The predicted octanol–water partition coefficient (Wildman–Crippen LogP) is 4.42. The summed E-state index contributed by atoms with van der Waals surface area (Å²) in [5.41, 5.74) is 3.62. The maximum absolute atomic E-state index is 5.41. The van der Waals surface area contributed by atoms with Crippen LogP contribution in [0.3, 0.4) is 0 Å². The third-order valence-corrected chi connectivity index (χ3v) is 4.53. The lowest BCUT2D eigenvalue weighted by Gasteiger charge is -2.26. The van der Waals surface area contributed by atoms with E-state index < -0.39 is 0 Å². The number of anilines is 2. The van der Waals surface area contributed by atoms with Crippen LogP contribution in [0.1, 0.15) is 5.56 Å². The van der Waals surface area contributed by atoms with Crippen LogP contribution in [0.2, 0.25) is 0 Å². The molecule has 24 heavy (non-hydrogen) atoms. The molecular weight excluding hydrogens is 296 g/mol. The van der Waals surface area contributed by atoms with Crippen molar-refractivity contribution in [3.05, 3.63) is 72.3 Å². The van der Waals surface area contributed by atoms with E-state index in [0.717, 1.165) is 44.2 Å². The van der Waals surface area contributed by atoms with Gasteiger partial charge in [0.2, 0.25) is 0 Å². The lowest BCUT2D eigenvalue weighted by atomic mass is 10.1. The van der Waals surface area contributed by atoms with Crippen molar-refractivity contribution in [3.8, 4) is 0 Å². The Morgan fingerprint density at radius 1 is 0.833 bits per heavy atom. The summed E-state index contributed by atoms with van der Waals surface area (Å²) in [6.45, 7) is 4.74. The largest absolute Gasteiger partial charge is 0.379 e. The van der Waals surface area contributed by atoms with Gasteiger partial charge in [-0.15, -0.1) is 0 Å². The molecule has 1 aliphatic rings. The molecule has 1 fully saturated rings. The second-order valence-electron chi connectivity index (χ2n) is 6.24. The molecule has 1 saturated heterocycles. The number of benzene rings is 3. The van der Waals surface area contributed by atoms with Crippen LogP contribution >= 0.6 is 0 Å². The van der Waals surface area contributed by atoms with E-state index in [1.54, 1.807) is 0 Å². The zero-order chi connectivity index (χ0) is 16.2. The number of fused-ring (bicyclic) bond motifs is 1. The normalized spacial score (nSPS) is 15.5. The van der Waals surface area contributed by atoms with E-state index >= 15 is 0 Å². The van der Waals surface area contributed by atoms with Gasteiger partial charge in [-0.3, -0.25) is 4.90 Å². The summed E-state index contributed by atoms with van der Waals surface area (Å²) in [4.78, 5) is 2.44. The van der Waals surface area contributed by atoms with Crippen molar-refractivity contribution in [2.45, 2.75) is 6.54 Å². The van der Waals surface area contributed by atoms with Gasteiger partial charge in [-0.25, -0.2) is 0 Å². The van der Waals surface area contributed by atoms with Crippen molar-refractivity contribution in [1.82, 2.24) is 4.90 Å². The van der Waals surface area contributed by atoms with Gasteiger partial charge in [-0.2, -0.15) is 0 Å². The molecule has 3 nitrogen and oxygen atoms in total. The van der Waals surface area contributed by atoms with Crippen molar-refractivity contribution in [2.24, 2.45) is 0 Å². The van der Waals surface area contributed by atoms with E-state index in [4.69, 9.17) is 4.74 Å². The van der Waals surface area contributed by atoms with Gasteiger partial charge in [0.25, 0.3) is 0 Å². The third-order valence-electron chi connectivity index (χ3n) is 4.53. The van der Waals surface area contributed by atoms with E-state index in [1.807, 2.05) is 0 Å². The molecule has 1 aliphatic heterocycles. The van der Waals surface area contributed by atoms with Gasteiger partial charge in [0, 0.05) is 36.4 Å². The summed E-state index contributed by atoms with van der Waals surface area (Å²) in [6, 6.07) is 23.6. The molecule has 122 valence electrons. The Labute approximate surface area is 142 Å². The lowest BCUT2D eigenvalue weighted by molar-refractivity contribution is 0.0342. The maximum Gasteiger partial charge on any atom is 0.0594 e. The van der Waals surface area contributed by atoms with Crippen LogP contribution in [0.25, 0.3) is 10.8 Å². The van der Waals surface area contributed by atoms with Crippen molar-refractivity contribution in [2.75, 3.05) is 31.6 Å². The van der Waals surface area contributed by atoms with Crippen molar-refractivity contribution < 1.29 is 4.74 Å². The smallest absolute Gasteiger partial charge is 0.0594 e. The Kier molecular flexibility index (Phi) is 4.45. The first-order valence-electron chi connectivity index (χ1n) is 8.52. The summed E-state index contributed by atoms with van der Waals surface area (Å²) in [7, 11) is 0. The number of ether oxygens (including phenoxy) is 1. The molecule has 0 atom stereocenters. The molecule has 0 amide bonds. The second kappa shape index (κ2) is 7.04. The Hall–Kier alpha value is -2.36. The first kappa shape index (κ1) is 15.2. The van der Waals surface area contributed by atoms with Gasteiger partial charge in [-0.1, -0.05) is 48.5 Å². The van der Waals surface area contributed by atoms with Gasteiger partial charge >= 0.3 is 0 Å². The van der Waals surface area contributed by atoms with Crippen LogP contribution in [-0.2, 0) is 11.3 Å². The minimum Gasteiger partial charge on any atom is -0.379 e. The van der Waals surface area contributed by atoms with Gasteiger partial charge in [0.1, 0.15) is 0 Å². The van der Waals surface area contributed by atoms with Gasteiger partial charge < -0.3 is 10.1 Å². The lowest BCUT2D eigenvalue weighted by Crippen LogP contribution is -2.35. The number of nitrogens with zero attached hydrogens (tertiary/aromatic N) is 1. The van der Waals surface area contributed by atoms with Gasteiger partial charge in [0.15, 0.2) is 0 Å². The predicted molar refractivity (Wildman–Crippen MR) is 99.8 cm³/mol. The molecule has 4 rings (SSSR count). The van der Waals surface area contributed by atoms with Crippen LogP contribution in [-0.4, -0.2) is 31.2 Å². The van der Waals surface area contributed by atoms with E-state index in [2.05, 4.69) is 76.9 Å². The molecule has 1 heterocycles. The molecule has 0 spiro atoms. The highest BCUT2D eigenvalue weighted by Gasteiger charge is 2.10. The highest BCUT2D eigenvalue weighted by atomic mass is 16.5. The Morgan fingerprint density at radius 2 is 1.58 bits per heavy atom. The molecule has 0 unspecified atom stereocenters. The average Bonchev–Trinajstić information content (AvgIpc) is 2.65. The summed E-state index contributed by atoms with van der Waals surface area (Å²) >= 11 is 0. The van der Waals surface area contributed by atoms with Crippen LogP contribution in [0.4, 0.5) is 11.4 Å². The van der Waals surface area contributed by atoms with E-state index in [-0.39, 0.29) is 0 Å². The number of rotatable bonds is 4. The SMILES string of the molecule is c1ccc2c(Nc3ccc(CN4CCOCC4)cc3)cccc2c1. The van der Waals surface area contributed by atoms with Crippen molar-refractivity contribution in [1.29, 1.82) is 0 Å². The highest BCUT2D eigenvalue weighted by molar-refractivity contribution is 5.95. The summed E-state index contributed by atoms with van der Waals surface area (Å²) in [6.07, 6.45) is 0. The standard InChI is InChI=1S/C21H22N2O/c1-2-6-20-18(4-1)5-3-7-21(20)22-19-10-8-17(9-11-19)16-23-12-14-24-15-13-23/h1-11,22H,12-16H2. The Morgan fingerprint density at radius 3 is 2.42 bits per heavy atom. The third kappa shape index (κ3) is 3.42. The zero-order valence-electron chi connectivity index (χ0n) is 13.7. The fourth-order valence-electron chi connectivity index (χ4n) is 3.20. The average molecular weight is 318 g/mol. The minimum absolute atomic E-state index is 0.848. The molecule has 0 aromatic heterocycles. The molecule has 3 aromatic carbocycles. The Balaban J connectivity index is 1.48. The number of nitrogens with one attached hydrogen (secondary N) is 1. The Bertz CT molecular complexity index is 802. The molecule has 0 aliphatic carbocycles. The number of hydrogen-bond donors (Lipinski definition) is 1. The summed E-state index contributed by atoms with van der Waals surface area (Å²) < 4.78 is 5.41. The molecule has 3 aromatic rings. The van der Waals surface area contributed by atoms with E-state index in [0.29, 0.717) is 0 Å². The molecule has 3 heteroatoms. The number of morpholine rings is 1. The monoisotopic (exact) mass is 318 g/mol. The first-order chi connectivity index (χ1) is 11.9. The van der Waals surface area contributed by atoms with Gasteiger partial charge in [-0.05, 0) is 29.1 Å². The zero-order valence-corrected chi connectivity index (χ0v) is 13.7. The second-order valence-corrected chi connectivity index (χ2v) is 6.24. The van der Waals surface area contributed by atoms with Gasteiger partial charge in [0.05, 0.1) is 13.2 Å². The summed E-state index contributed by atoms with van der Waals surface area (Å²) in [5.74, 6) is 0. The fourth-order valence-corrected chi connectivity index (χ4v) is 3.20. The topological polar surface area (TPSA) is 24.5 Å². The molecule has 1 N–H and O–H groups in total. The number of hydrogen-bond acceptors (Lipinski definition) is 3. The maximum atomic E-state index is 5.41. The van der Waals surface area contributed by atoms with Crippen LogP contribution in [0.15, 0.2) is 66.7 Å². The highest BCUT2D eigenvalue weighted by Crippen LogP contribution is 2.26. The van der Waals surface area contributed by atoms with Crippen LogP contribution in [0.5, 0.6) is 0 Å². The van der Waals surface area contributed by atoms with Crippen molar-refractivity contribution in [3.63, 3.8) is 0 Å². The molecule has 0 radical (unpaired) electrons. The first-order valence-corrected chi connectivity index (χ1v) is 8.52. The van der Waals surface area contributed by atoms with Crippen LogP contribution in [0, 0.1) is 0 Å². The minimum atomic E-state index is 0.848. The molecular formula is C21H22N2O. The molecule has 0 saturated carbocycles. The quantitative estimate of drug-likeness (QED) is 0.771. The van der Waals surface area contributed by atoms with Crippen LogP contribution < -0.4 is 5.32 Å². The molecule has 0 bridgehead atoms. The van der Waals surface area contributed by atoms with E-state index in [1.165, 1.54) is 16.3 Å². The van der Waals surface area contributed by atoms with E-state index in [9.17, 15) is 0 Å². The van der Waals surface area contributed by atoms with Crippen molar-refractivity contribution >= 4 is 22.1 Å².